The van der Waals surface area contributed by atoms with Gasteiger partial charge in [-0.15, -0.1) is 0 Å². The van der Waals surface area contributed by atoms with Gasteiger partial charge in [0.1, 0.15) is 0 Å². The first-order chi connectivity index (χ1) is 11.6. The van der Waals surface area contributed by atoms with Crippen LogP contribution in [0.5, 0.6) is 0 Å². The second-order valence-corrected chi connectivity index (χ2v) is 6.67. The fraction of sp³-hybridized carbons (Fsp3) is 0.556. The zero-order valence-electron chi connectivity index (χ0n) is 14.5. The van der Waals surface area contributed by atoms with Gasteiger partial charge in [0.15, 0.2) is 5.96 Å². The van der Waals surface area contributed by atoms with Crippen LogP contribution in [0.25, 0.3) is 0 Å². The van der Waals surface area contributed by atoms with Gasteiger partial charge in [-0.3, -0.25) is 9.79 Å². The highest BCUT2D eigenvalue weighted by atomic mass is 35.5. The topological polar surface area (TPSA) is 65.5 Å². The molecule has 0 heterocycles. The molecule has 1 fully saturated rings. The Labute approximate surface area is 149 Å². The molecule has 1 aliphatic carbocycles. The van der Waals surface area contributed by atoms with E-state index in [2.05, 4.69) is 20.9 Å². The smallest absolute Gasteiger partial charge is 0.226 e. The molecule has 1 amide bonds. The van der Waals surface area contributed by atoms with Gasteiger partial charge >= 0.3 is 0 Å². The Morgan fingerprint density at radius 1 is 1.29 bits per heavy atom. The lowest BCUT2D eigenvalue weighted by molar-refractivity contribution is -0.116. The van der Waals surface area contributed by atoms with Crippen molar-refractivity contribution in [1.82, 2.24) is 10.6 Å². The molecule has 0 aliphatic heterocycles. The van der Waals surface area contributed by atoms with Gasteiger partial charge in [-0.05, 0) is 37.5 Å². The maximum Gasteiger partial charge on any atom is 0.226 e. The van der Waals surface area contributed by atoms with Gasteiger partial charge in [0.2, 0.25) is 5.91 Å². The normalized spacial score (nSPS) is 15.9. The molecule has 0 radical (unpaired) electrons. The molecule has 3 N–H and O–H groups in total. The van der Waals surface area contributed by atoms with Crippen LogP contribution in [0.4, 0.5) is 5.69 Å². The van der Waals surface area contributed by atoms with Crippen LogP contribution in [-0.4, -0.2) is 31.5 Å². The molecule has 0 unspecified atom stereocenters. The minimum absolute atomic E-state index is 0.0682. The van der Waals surface area contributed by atoms with Crippen LogP contribution < -0.4 is 16.0 Å². The van der Waals surface area contributed by atoms with E-state index in [1.165, 1.54) is 32.1 Å². The molecule has 132 valence electrons. The van der Waals surface area contributed by atoms with E-state index in [0.717, 1.165) is 11.5 Å². The summed E-state index contributed by atoms with van der Waals surface area (Å²) in [6, 6.07) is 6.08. The first kappa shape index (κ1) is 18.6. The maximum absolute atomic E-state index is 12.0. The van der Waals surface area contributed by atoms with Crippen molar-refractivity contribution in [1.29, 1.82) is 0 Å². The summed E-state index contributed by atoms with van der Waals surface area (Å²) in [6.07, 6.45) is 6.60. The summed E-state index contributed by atoms with van der Waals surface area (Å²) in [5, 5.41) is 10.0. The number of hydrogen-bond donors (Lipinski definition) is 3. The molecule has 5 nitrogen and oxygen atoms in total. The van der Waals surface area contributed by atoms with Gasteiger partial charge < -0.3 is 16.0 Å². The number of nitrogens with one attached hydrogen (secondary N) is 3. The molecule has 1 aliphatic rings. The van der Waals surface area contributed by atoms with Crippen LogP contribution in [0.2, 0.25) is 5.02 Å². The Bertz CT molecular complexity index is 582. The van der Waals surface area contributed by atoms with Gasteiger partial charge in [0, 0.05) is 26.1 Å². The lowest BCUT2D eigenvalue weighted by atomic mass is 9.96. The number of aliphatic imine (C=N–C) groups is 1. The molecule has 1 aromatic carbocycles. The van der Waals surface area contributed by atoms with Gasteiger partial charge in [-0.1, -0.05) is 36.9 Å². The summed E-state index contributed by atoms with van der Waals surface area (Å²) < 4.78 is 0. The molecule has 1 saturated carbocycles. The molecule has 0 saturated heterocycles. The summed E-state index contributed by atoms with van der Waals surface area (Å²) in [6.45, 7) is 2.49. The molecule has 0 atom stereocenters. The van der Waals surface area contributed by atoms with E-state index in [-0.39, 0.29) is 5.91 Å². The van der Waals surface area contributed by atoms with E-state index in [1.54, 1.807) is 7.05 Å². The van der Waals surface area contributed by atoms with Crippen LogP contribution in [-0.2, 0) is 4.79 Å². The average Bonchev–Trinajstić information content (AvgIpc) is 2.57. The van der Waals surface area contributed by atoms with E-state index in [1.807, 2.05) is 25.1 Å². The Balaban J connectivity index is 1.72. The molecule has 6 heteroatoms. The van der Waals surface area contributed by atoms with Crippen molar-refractivity contribution in [2.75, 3.05) is 18.9 Å². The van der Waals surface area contributed by atoms with Gasteiger partial charge in [0.25, 0.3) is 0 Å². The van der Waals surface area contributed by atoms with Gasteiger partial charge in [0.05, 0.1) is 10.7 Å². The van der Waals surface area contributed by atoms with Crippen molar-refractivity contribution in [2.24, 2.45) is 4.99 Å². The number of halogens is 1. The minimum Gasteiger partial charge on any atom is -0.356 e. The molecular weight excluding hydrogens is 324 g/mol. The molecule has 1 aromatic rings. The molecule has 2 rings (SSSR count). The lowest BCUT2D eigenvalue weighted by Gasteiger charge is -2.24. The van der Waals surface area contributed by atoms with E-state index in [9.17, 15) is 4.79 Å². The molecular formula is C18H27ClN4O. The highest BCUT2D eigenvalue weighted by molar-refractivity contribution is 6.33. The molecule has 0 bridgehead atoms. The Hall–Kier alpha value is -1.75. The fourth-order valence-electron chi connectivity index (χ4n) is 2.86. The third-order valence-corrected chi connectivity index (χ3v) is 4.53. The van der Waals surface area contributed by atoms with Crippen LogP contribution in [0, 0.1) is 6.92 Å². The second-order valence-electron chi connectivity index (χ2n) is 6.26. The summed E-state index contributed by atoms with van der Waals surface area (Å²) in [7, 11) is 1.75. The number of carbonyl (C=O) groups is 1. The number of carbonyl (C=O) groups excluding carboxylic acids is 1. The monoisotopic (exact) mass is 350 g/mol. The maximum atomic E-state index is 12.0. The number of rotatable bonds is 5. The number of guanidine groups is 1. The third-order valence-electron chi connectivity index (χ3n) is 4.21. The van der Waals surface area contributed by atoms with Gasteiger partial charge in [-0.2, -0.15) is 0 Å². The Morgan fingerprint density at radius 2 is 2.04 bits per heavy atom. The first-order valence-electron chi connectivity index (χ1n) is 8.61. The number of nitrogens with zero attached hydrogens (tertiary/aromatic N) is 1. The van der Waals surface area contributed by atoms with Crippen molar-refractivity contribution in [3.8, 4) is 0 Å². The van der Waals surface area contributed by atoms with Crippen LogP contribution >= 0.6 is 11.6 Å². The summed E-state index contributed by atoms with van der Waals surface area (Å²) >= 11 is 6.13. The van der Waals surface area contributed by atoms with E-state index in [0.29, 0.717) is 29.7 Å². The number of aryl methyl sites for hydroxylation is 1. The standard InChI is InChI=1S/C18H27ClN4O/c1-13-8-9-16(15(19)12-13)23-17(24)10-11-21-18(20-2)22-14-6-4-3-5-7-14/h8-9,12,14H,3-7,10-11H2,1-2H3,(H,23,24)(H2,20,21,22). The Morgan fingerprint density at radius 3 is 2.71 bits per heavy atom. The largest absolute Gasteiger partial charge is 0.356 e. The summed E-state index contributed by atoms with van der Waals surface area (Å²) in [4.78, 5) is 16.3. The number of anilines is 1. The molecule has 0 aromatic heterocycles. The van der Waals surface area contributed by atoms with Crippen molar-refractivity contribution < 1.29 is 4.79 Å². The van der Waals surface area contributed by atoms with Crippen molar-refractivity contribution in [3.05, 3.63) is 28.8 Å². The number of hydrogen-bond acceptors (Lipinski definition) is 2. The van der Waals surface area contributed by atoms with Crippen LogP contribution in [0.3, 0.4) is 0 Å². The predicted octanol–water partition coefficient (Wildman–Crippen LogP) is 3.47. The van der Waals surface area contributed by atoms with Crippen molar-refractivity contribution in [2.45, 2.75) is 51.5 Å². The quantitative estimate of drug-likeness (QED) is 0.562. The second kappa shape index (κ2) is 9.52. The van der Waals surface area contributed by atoms with Crippen molar-refractivity contribution >= 4 is 29.2 Å². The predicted molar refractivity (Wildman–Crippen MR) is 101 cm³/mol. The Kier molecular flexibility index (Phi) is 7.37. The molecule has 0 spiro atoms. The molecule has 24 heavy (non-hydrogen) atoms. The van der Waals surface area contributed by atoms with Gasteiger partial charge in [-0.25, -0.2) is 0 Å². The highest BCUT2D eigenvalue weighted by Gasteiger charge is 2.14. The number of amides is 1. The van der Waals surface area contributed by atoms with E-state index < -0.39 is 0 Å². The summed E-state index contributed by atoms with van der Waals surface area (Å²) in [5.74, 6) is 0.699. The lowest BCUT2D eigenvalue weighted by Crippen LogP contribution is -2.44. The zero-order valence-corrected chi connectivity index (χ0v) is 15.2. The number of benzene rings is 1. The zero-order chi connectivity index (χ0) is 17.4. The van der Waals surface area contributed by atoms with Crippen molar-refractivity contribution in [3.63, 3.8) is 0 Å². The summed E-state index contributed by atoms with van der Waals surface area (Å²) in [5.41, 5.74) is 1.72. The van der Waals surface area contributed by atoms with E-state index >= 15 is 0 Å². The van der Waals surface area contributed by atoms with Crippen LogP contribution in [0.15, 0.2) is 23.2 Å². The fourth-order valence-corrected chi connectivity index (χ4v) is 3.15. The minimum atomic E-state index is -0.0682. The van der Waals surface area contributed by atoms with Crippen LogP contribution in [0.1, 0.15) is 44.1 Å². The SMILES string of the molecule is CN=C(NCCC(=O)Nc1ccc(C)cc1Cl)NC1CCCCC1. The third kappa shape index (κ3) is 6.04. The average molecular weight is 351 g/mol. The van der Waals surface area contributed by atoms with E-state index in [4.69, 9.17) is 11.6 Å². The highest BCUT2D eigenvalue weighted by Crippen LogP contribution is 2.22. The first-order valence-corrected chi connectivity index (χ1v) is 8.99.